The van der Waals surface area contributed by atoms with Gasteiger partial charge in [-0.1, -0.05) is 23.3 Å². The maximum Gasteiger partial charge on any atom is 0.330 e. The Bertz CT molecular complexity index is 471. The first-order valence-electron chi connectivity index (χ1n) is 4.82. The highest BCUT2D eigenvalue weighted by molar-refractivity contribution is 5.18. The summed E-state index contributed by atoms with van der Waals surface area (Å²) in [6.45, 7) is 0. The molecule has 0 amide bonds. The summed E-state index contributed by atoms with van der Waals surface area (Å²) in [7, 11) is 0. The number of anilines is 1. The van der Waals surface area contributed by atoms with E-state index in [9.17, 15) is 4.39 Å². The van der Waals surface area contributed by atoms with Gasteiger partial charge in [0.2, 0.25) is 5.89 Å². The third kappa shape index (κ3) is 2.34. The average Bonchev–Trinajstić information content (AvgIpc) is 2.76. The first-order valence-corrected chi connectivity index (χ1v) is 4.82. The second kappa shape index (κ2) is 4.71. The van der Waals surface area contributed by atoms with Crippen LogP contribution in [-0.4, -0.2) is 10.2 Å². The fourth-order valence-electron chi connectivity index (χ4n) is 1.36. The van der Waals surface area contributed by atoms with Crippen molar-refractivity contribution >= 4 is 6.01 Å². The van der Waals surface area contributed by atoms with E-state index in [-0.39, 0.29) is 11.8 Å². The molecular formula is C10H11FN4O. The molecule has 1 aromatic heterocycles. The molecular weight excluding hydrogens is 211 g/mol. The zero-order chi connectivity index (χ0) is 11.4. The van der Waals surface area contributed by atoms with E-state index in [4.69, 9.17) is 10.3 Å². The number of halogens is 1. The monoisotopic (exact) mass is 222 g/mol. The SMILES string of the molecule is NNc1nnc(CCc2ccccc2F)o1. The van der Waals surface area contributed by atoms with Crippen molar-refractivity contribution in [1.29, 1.82) is 0 Å². The molecule has 1 heterocycles. The average molecular weight is 222 g/mol. The van der Waals surface area contributed by atoms with Gasteiger partial charge in [-0.25, -0.2) is 10.2 Å². The number of hydrazine groups is 1. The van der Waals surface area contributed by atoms with Gasteiger partial charge in [-0.05, 0) is 18.1 Å². The van der Waals surface area contributed by atoms with Crippen LogP contribution in [0.4, 0.5) is 10.4 Å². The van der Waals surface area contributed by atoms with Gasteiger partial charge in [0.1, 0.15) is 5.82 Å². The Labute approximate surface area is 91.4 Å². The third-order valence-electron chi connectivity index (χ3n) is 2.16. The molecule has 0 aliphatic rings. The van der Waals surface area contributed by atoms with E-state index in [1.807, 2.05) is 0 Å². The van der Waals surface area contributed by atoms with Crippen molar-refractivity contribution in [3.63, 3.8) is 0 Å². The molecule has 1 aromatic carbocycles. The number of nitrogens with zero attached hydrogens (tertiary/aromatic N) is 2. The van der Waals surface area contributed by atoms with Gasteiger partial charge >= 0.3 is 6.01 Å². The fraction of sp³-hybridized carbons (Fsp3) is 0.200. The lowest BCUT2D eigenvalue weighted by Gasteiger charge is -1.99. The number of nitrogens with two attached hydrogens (primary N) is 1. The highest BCUT2D eigenvalue weighted by Crippen LogP contribution is 2.11. The zero-order valence-corrected chi connectivity index (χ0v) is 8.48. The number of nitrogens with one attached hydrogen (secondary N) is 1. The molecule has 84 valence electrons. The van der Waals surface area contributed by atoms with Gasteiger partial charge in [0.05, 0.1) is 0 Å². The van der Waals surface area contributed by atoms with Crippen molar-refractivity contribution < 1.29 is 8.81 Å². The number of hydrogen-bond acceptors (Lipinski definition) is 5. The Balaban J connectivity index is 1.99. The van der Waals surface area contributed by atoms with E-state index in [1.54, 1.807) is 18.2 Å². The Morgan fingerprint density at radius 3 is 2.75 bits per heavy atom. The van der Waals surface area contributed by atoms with E-state index >= 15 is 0 Å². The molecule has 0 aliphatic heterocycles. The zero-order valence-electron chi connectivity index (χ0n) is 8.48. The molecule has 0 saturated heterocycles. The number of aromatic nitrogens is 2. The van der Waals surface area contributed by atoms with E-state index < -0.39 is 0 Å². The summed E-state index contributed by atoms with van der Waals surface area (Å²) >= 11 is 0. The van der Waals surface area contributed by atoms with Crippen LogP contribution >= 0.6 is 0 Å². The Hall–Kier alpha value is -1.95. The van der Waals surface area contributed by atoms with Crippen molar-refractivity contribution in [3.8, 4) is 0 Å². The Kier molecular flexibility index (Phi) is 3.11. The van der Waals surface area contributed by atoms with E-state index in [0.29, 0.717) is 24.3 Å². The van der Waals surface area contributed by atoms with Crippen molar-refractivity contribution in [2.45, 2.75) is 12.8 Å². The second-order valence-corrected chi connectivity index (χ2v) is 3.24. The Morgan fingerprint density at radius 2 is 2.06 bits per heavy atom. The summed E-state index contributed by atoms with van der Waals surface area (Å²) in [6, 6.07) is 6.76. The van der Waals surface area contributed by atoms with Gasteiger partial charge < -0.3 is 4.42 Å². The second-order valence-electron chi connectivity index (χ2n) is 3.24. The van der Waals surface area contributed by atoms with Gasteiger partial charge in [-0.3, -0.25) is 5.43 Å². The van der Waals surface area contributed by atoms with Crippen LogP contribution in [-0.2, 0) is 12.8 Å². The maximum absolute atomic E-state index is 13.3. The summed E-state index contributed by atoms with van der Waals surface area (Å²) in [6.07, 6.45) is 0.995. The van der Waals surface area contributed by atoms with Crippen LogP contribution in [0.2, 0.25) is 0 Å². The minimum Gasteiger partial charge on any atom is -0.407 e. The van der Waals surface area contributed by atoms with Crippen molar-refractivity contribution in [2.24, 2.45) is 5.84 Å². The summed E-state index contributed by atoms with van der Waals surface area (Å²) < 4.78 is 18.4. The third-order valence-corrected chi connectivity index (χ3v) is 2.16. The van der Waals surface area contributed by atoms with Gasteiger partial charge in [0.15, 0.2) is 0 Å². The topological polar surface area (TPSA) is 77.0 Å². The van der Waals surface area contributed by atoms with Crippen LogP contribution in [0.5, 0.6) is 0 Å². The quantitative estimate of drug-likeness (QED) is 0.602. The first-order chi connectivity index (χ1) is 7.79. The number of rotatable bonds is 4. The molecule has 2 rings (SSSR count). The lowest BCUT2D eigenvalue weighted by Crippen LogP contribution is -2.06. The van der Waals surface area contributed by atoms with Crippen LogP contribution in [0, 0.1) is 5.82 Å². The molecule has 5 nitrogen and oxygen atoms in total. The molecule has 0 fully saturated rings. The van der Waals surface area contributed by atoms with Gasteiger partial charge in [0.25, 0.3) is 0 Å². The van der Waals surface area contributed by atoms with E-state index in [1.165, 1.54) is 6.07 Å². The number of aryl methyl sites for hydroxylation is 2. The van der Waals surface area contributed by atoms with E-state index in [0.717, 1.165) is 0 Å². The Morgan fingerprint density at radius 1 is 1.25 bits per heavy atom. The van der Waals surface area contributed by atoms with Gasteiger partial charge in [-0.15, -0.1) is 5.10 Å². The summed E-state index contributed by atoms with van der Waals surface area (Å²) in [5.41, 5.74) is 2.87. The molecule has 0 saturated carbocycles. The van der Waals surface area contributed by atoms with Crippen LogP contribution in [0.25, 0.3) is 0 Å². The van der Waals surface area contributed by atoms with Crippen LogP contribution < -0.4 is 11.3 Å². The molecule has 2 aromatic rings. The van der Waals surface area contributed by atoms with Crippen LogP contribution in [0.15, 0.2) is 28.7 Å². The number of nitrogen functional groups attached to an aromatic ring is 1. The summed E-state index contributed by atoms with van der Waals surface area (Å²) in [4.78, 5) is 0. The molecule has 0 radical (unpaired) electrons. The molecule has 0 spiro atoms. The fourth-order valence-corrected chi connectivity index (χ4v) is 1.36. The van der Waals surface area contributed by atoms with Gasteiger partial charge in [-0.2, -0.15) is 0 Å². The molecule has 0 atom stereocenters. The number of hydrogen-bond donors (Lipinski definition) is 2. The minimum absolute atomic E-state index is 0.156. The van der Waals surface area contributed by atoms with E-state index in [2.05, 4.69) is 15.6 Å². The highest BCUT2D eigenvalue weighted by Gasteiger charge is 2.06. The smallest absolute Gasteiger partial charge is 0.330 e. The normalized spacial score (nSPS) is 10.4. The van der Waals surface area contributed by atoms with Crippen molar-refractivity contribution in [3.05, 3.63) is 41.5 Å². The molecule has 3 N–H and O–H groups in total. The van der Waals surface area contributed by atoms with Crippen LogP contribution in [0.1, 0.15) is 11.5 Å². The summed E-state index contributed by atoms with van der Waals surface area (Å²) in [5, 5.41) is 7.37. The standard InChI is InChI=1S/C10H11FN4O/c11-8-4-2-1-3-7(8)5-6-9-14-15-10(13-12)16-9/h1-4H,5-6,12H2,(H,13,15). The minimum atomic E-state index is -0.223. The maximum atomic E-state index is 13.3. The predicted molar refractivity (Wildman–Crippen MR) is 55.9 cm³/mol. The lowest BCUT2D eigenvalue weighted by atomic mass is 10.1. The summed E-state index contributed by atoms with van der Waals surface area (Å²) in [5.74, 6) is 5.29. The first kappa shape index (κ1) is 10.6. The van der Waals surface area contributed by atoms with Crippen LogP contribution in [0.3, 0.4) is 0 Å². The molecule has 0 aliphatic carbocycles. The largest absolute Gasteiger partial charge is 0.407 e. The lowest BCUT2D eigenvalue weighted by molar-refractivity contribution is 0.501. The highest BCUT2D eigenvalue weighted by atomic mass is 19.1. The molecule has 0 unspecified atom stereocenters. The predicted octanol–water partition coefficient (Wildman–Crippen LogP) is 1.28. The van der Waals surface area contributed by atoms with Crippen molar-refractivity contribution in [1.82, 2.24) is 10.2 Å². The van der Waals surface area contributed by atoms with Gasteiger partial charge in [0, 0.05) is 6.42 Å². The molecule has 16 heavy (non-hydrogen) atoms. The molecule has 6 heteroatoms. The number of benzene rings is 1. The van der Waals surface area contributed by atoms with Crippen molar-refractivity contribution in [2.75, 3.05) is 5.43 Å². The molecule has 0 bridgehead atoms.